The minimum Gasteiger partial charge on any atom is -0.494 e. The van der Waals surface area contributed by atoms with Crippen molar-refractivity contribution in [3.05, 3.63) is 60.8 Å². The van der Waals surface area contributed by atoms with Gasteiger partial charge in [0.25, 0.3) is 0 Å². The first kappa shape index (κ1) is 14.1. The molecule has 0 saturated carbocycles. The first-order valence-corrected chi connectivity index (χ1v) is 7.25. The molecule has 0 aliphatic rings. The highest BCUT2D eigenvalue weighted by atomic mass is 16.5. The molecule has 0 unspecified atom stereocenters. The van der Waals surface area contributed by atoms with Gasteiger partial charge in [-0.3, -0.25) is 0 Å². The third-order valence-electron chi connectivity index (χ3n) is 3.33. The number of anilines is 1. The SMILES string of the molecule is Nc1cccc(-c2cnnn2CCCOc2ccccc2)c1. The molecule has 1 heterocycles. The number of nitrogen functional groups attached to an aromatic ring is 1. The molecule has 3 rings (SSSR count). The van der Waals surface area contributed by atoms with Crippen LogP contribution in [0.2, 0.25) is 0 Å². The van der Waals surface area contributed by atoms with Crippen molar-refractivity contribution >= 4 is 5.69 Å². The molecule has 0 fully saturated rings. The van der Waals surface area contributed by atoms with Crippen LogP contribution in [-0.4, -0.2) is 21.6 Å². The van der Waals surface area contributed by atoms with Crippen LogP contribution in [0.5, 0.6) is 5.75 Å². The summed E-state index contributed by atoms with van der Waals surface area (Å²) < 4.78 is 7.57. The number of nitrogens with zero attached hydrogens (tertiary/aromatic N) is 3. The fourth-order valence-electron chi connectivity index (χ4n) is 2.27. The summed E-state index contributed by atoms with van der Waals surface area (Å²) in [6.07, 6.45) is 2.61. The minimum absolute atomic E-state index is 0.639. The van der Waals surface area contributed by atoms with Crippen LogP contribution < -0.4 is 10.5 Å². The zero-order chi connectivity index (χ0) is 15.2. The summed E-state index contributed by atoms with van der Waals surface area (Å²) in [5.41, 5.74) is 8.55. The van der Waals surface area contributed by atoms with Gasteiger partial charge in [0.15, 0.2) is 0 Å². The number of rotatable bonds is 6. The lowest BCUT2D eigenvalue weighted by molar-refractivity contribution is 0.298. The number of hydrogen-bond donors (Lipinski definition) is 1. The molecule has 5 nitrogen and oxygen atoms in total. The maximum absolute atomic E-state index is 5.83. The van der Waals surface area contributed by atoms with Crippen molar-refractivity contribution in [2.75, 3.05) is 12.3 Å². The Morgan fingerprint density at radius 1 is 1.05 bits per heavy atom. The second-order valence-electron chi connectivity index (χ2n) is 4.98. The minimum atomic E-state index is 0.639. The summed E-state index contributed by atoms with van der Waals surface area (Å²) in [5.74, 6) is 0.886. The van der Waals surface area contributed by atoms with E-state index in [9.17, 15) is 0 Å². The highest BCUT2D eigenvalue weighted by Crippen LogP contribution is 2.20. The fourth-order valence-corrected chi connectivity index (χ4v) is 2.27. The van der Waals surface area contributed by atoms with Crippen LogP contribution in [0.1, 0.15) is 6.42 Å². The van der Waals surface area contributed by atoms with Gasteiger partial charge in [0.2, 0.25) is 0 Å². The number of aromatic nitrogens is 3. The van der Waals surface area contributed by atoms with E-state index in [4.69, 9.17) is 10.5 Å². The molecule has 0 spiro atoms. The molecule has 0 amide bonds. The normalized spacial score (nSPS) is 10.5. The van der Waals surface area contributed by atoms with E-state index in [0.29, 0.717) is 6.61 Å². The van der Waals surface area contributed by atoms with E-state index in [1.165, 1.54) is 0 Å². The second kappa shape index (κ2) is 6.76. The van der Waals surface area contributed by atoms with Crippen LogP contribution in [0.3, 0.4) is 0 Å². The van der Waals surface area contributed by atoms with Crippen molar-refractivity contribution < 1.29 is 4.74 Å². The number of aryl methyl sites for hydroxylation is 1. The van der Waals surface area contributed by atoms with Gasteiger partial charge in [-0.2, -0.15) is 0 Å². The summed E-state index contributed by atoms with van der Waals surface area (Å²) >= 11 is 0. The van der Waals surface area contributed by atoms with Crippen molar-refractivity contribution in [3.8, 4) is 17.0 Å². The molecule has 112 valence electrons. The van der Waals surface area contributed by atoms with E-state index < -0.39 is 0 Å². The van der Waals surface area contributed by atoms with Crippen LogP contribution in [0.25, 0.3) is 11.3 Å². The van der Waals surface area contributed by atoms with Crippen LogP contribution in [-0.2, 0) is 6.54 Å². The maximum atomic E-state index is 5.83. The van der Waals surface area contributed by atoms with E-state index in [0.717, 1.165) is 35.7 Å². The molecular weight excluding hydrogens is 276 g/mol. The van der Waals surface area contributed by atoms with Crippen molar-refractivity contribution in [1.29, 1.82) is 0 Å². The molecule has 3 aromatic rings. The summed E-state index contributed by atoms with van der Waals surface area (Å²) in [6.45, 7) is 1.39. The number of ether oxygens (including phenoxy) is 1. The van der Waals surface area contributed by atoms with Gasteiger partial charge >= 0.3 is 0 Å². The predicted molar refractivity (Wildman–Crippen MR) is 86.4 cm³/mol. The summed E-state index contributed by atoms with van der Waals surface area (Å²) in [7, 11) is 0. The quantitative estimate of drug-likeness (QED) is 0.560. The van der Waals surface area contributed by atoms with Gasteiger partial charge in [0, 0.05) is 24.2 Å². The molecule has 5 heteroatoms. The molecule has 0 aliphatic heterocycles. The summed E-state index contributed by atoms with van der Waals surface area (Å²) in [4.78, 5) is 0. The van der Waals surface area contributed by atoms with Crippen LogP contribution in [0, 0.1) is 0 Å². The summed E-state index contributed by atoms with van der Waals surface area (Å²) in [6, 6.07) is 17.5. The Labute approximate surface area is 129 Å². The Morgan fingerprint density at radius 2 is 1.91 bits per heavy atom. The summed E-state index contributed by atoms with van der Waals surface area (Å²) in [5, 5.41) is 8.13. The van der Waals surface area contributed by atoms with Gasteiger partial charge in [-0.15, -0.1) is 5.10 Å². The molecule has 0 aliphatic carbocycles. The van der Waals surface area contributed by atoms with E-state index >= 15 is 0 Å². The monoisotopic (exact) mass is 294 g/mol. The zero-order valence-corrected chi connectivity index (χ0v) is 12.2. The highest BCUT2D eigenvalue weighted by Gasteiger charge is 2.06. The molecule has 22 heavy (non-hydrogen) atoms. The van der Waals surface area contributed by atoms with Crippen molar-refractivity contribution in [3.63, 3.8) is 0 Å². The standard InChI is InChI=1S/C17H18N4O/c18-15-7-4-6-14(12-15)17-13-19-20-21(17)10-5-11-22-16-8-2-1-3-9-16/h1-4,6-9,12-13H,5,10-11,18H2. The second-order valence-corrected chi connectivity index (χ2v) is 4.98. The Bertz CT molecular complexity index is 724. The van der Waals surface area contributed by atoms with Crippen molar-refractivity contribution in [2.45, 2.75) is 13.0 Å². The smallest absolute Gasteiger partial charge is 0.119 e. The predicted octanol–water partition coefficient (Wildman–Crippen LogP) is 3.00. The van der Waals surface area contributed by atoms with E-state index in [2.05, 4.69) is 10.3 Å². The lowest BCUT2D eigenvalue weighted by Gasteiger charge is -2.08. The fraction of sp³-hybridized carbons (Fsp3) is 0.176. The van der Waals surface area contributed by atoms with Gasteiger partial charge in [-0.1, -0.05) is 35.5 Å². The Balaban J connectivity index is 1.59. The average molecular weight is 294 g/mol. The van der Waals surface area contributed by atoms with Crippen LogP contribution in [0.15, 0.2) is 60.8 Å². The molecule has 2 aromatic carbocycles. The molecule has 0 radical (unpaired) electrons. The number of benzene rings is 2. The van der Waals surface area contributed by atoms with Gasteiger partial charge in [0.05, 0.1) is 18.5 Å². The first-order chi connectivity index (χ1) is 10.8. The molecule has 2 N–H and O–H groups in total. The Kier molecular flexibility index (Phi) is 4.34. The Hall–Kier alpha value is -2.82. The number of hydrogen-bond acceptors (Lipinski definition) is 4. The largest absolute Gasteiger partial charge is 0.494 e. The third-order valence-corrected chi connectivity index (χ3v) is 3.33. The molecule has 1 aromatic heterocycles. The van der Waals surface area contributed by atoms with E-state index in [1.54, 1.807) is 6.20 Å². The topological polar surface area (TPSA) is 66.0 Å². The number of para-hydroxylation sites is 1. The molecule has 0 saturated heterocycles. The molecule has 0 bridgehead atoms. The molecular formula is C17H18N4O. The lowest BCUT2D eigenvalue weighted by atomic mass is 10.1. The van der Waals surface area contributed by atoms with Gasteiger partial charge in [0.1, 0.15) is 5.75 Å². The van der Waals surface area contributed by atoms with Gasteiger partial charge in [-0.25, -0.2) is 4.68 Å². The average Bonchev–Trinajstić information content (AvgIpc) is 3.01. The van der Waals surface area contributed by atoms with E-state index in [-0.39, 0.29) is 0 Å². The van der Waals surface area contributed by atoms with E-state index in [1.807, 2.05) is 59.3 Å². The van der Waals surface area contributed by atoms with Gasteiger partial charge < -0.3 is 10.5 Å². The zero-order valence-electron chi connectivity index (χ0n) is 12.2. The van der Waals surface area contributed by atoms with Gasteiger partial charge in [-0.05, 0) is 24.3 Å². The first-order valence-electron chi connectivity index (χ1n) is 7.25. The number of nitrogens with two attached hydrogens (primary N) is 1. The third kappa shape index (κ3) is 3.44. The Morgan fingerprint density at radius 3 is 2.73 bits per heavy atom. The van der Waals surface area contributed by atoms with Crippen LogP contribution in [0.4, 0.5) is 5.69 Å². The maximum Gasteiger partial charge on any atom is 0.119 e. The van der Waals surface area contributed by atoms with Crippen molar-refractivity contribution in [2.24, 2.45) is 0 Å². The van der Waals surface area contributed by atoms with Crippen LogP contribution >= 0.6 is 0 Å². The molecule has 0 atom stereocenters. The lowest BCUT2D eigenvalue weighted by Crippen LogP contribution is -2.07. The highest BCUT2D eigenvalue weighted by molar-refractivity contribution is 5.63. The van der Waals surface area contributed by atoms with Crippen molar-refractivity contribution in [1.82, 2.24) is 15.0 Å².